The fourth-order valence-electron chi connectivity index (χ4n) is 2.28. The second-order valence-corrected chi connectivity index (χ2v) is 4.02. The number of aliphatic carboxylic acids is 1. The van der Waals surface area contributed by atoms with Gasteiger partial charge in [0.05, 0.1) is 5.41 Å². The van der Waals surface area contributed by atoms with Crippen molar-refractivity contribution in [2.75, 3.05) is 7.05 Å². The Morgan fingerprint density at radius 1 is 1.69 bits per heavy atom. The average molecular weight is 185 g/mol. The van der Waals surface area contributed by atoms with Crippen LogP contribution in [0, 0.1) is 5.41 Å². The molecule has 1 fully saturated rings. The lowest BCUT2D eigenvalue weighted by atomic mass is 9.70. The van der Waals surface area contributed by atoms with Crippen LogP contribution in [0.25, 0.3) is 0 Å². The smallest absolute Gasteiger partial charge is 0.309 e. The third kappa shape index (κ3) is 2.02. The third-order valence-electron chi connectivity index (χ3n) is 3.38. The first-order chi connectivity index (χ1) is 6.14. The van der Waals surface area contributed by atoms with Crippen LogP contribution >= 0.6 is 0 Å². The van der Waals surface area contributed by atoms with Gasteiger partial charge in [0.2, 0.25) is 0 Å². The molecule has 0 amide bonds. The van der Waals surface area contributed by atoms with Crippen LogP contribution in [-0.2, 0) is 4.79 Å². The second kappa shape index (κ2) is 4.09. The number of carbonyl (C=O) groups is 1. The van der Waals surface area contributed by atoms with Crippen LogP contribution in [0.2, 0.25) is 0 Å². The number of rotatable bonds is 3. The first-order valence-electron chi connectivity index (χ1n) is 5.05. The molecule has 3 nitrogen and oxygen atoms in total. The van der Waals surface area contributed by atoms with E-state index in [2.05, 4.69) is 5.32 Å². The Hall–Kier alpha value is -0.570. The van der Waals surface area contributed by atoms with Crippen molar-refractivity contribution < 1.29 is 9.90 Å². The molecular weight excluding hydrogens is 166 g/mol. The van der Waals surface area contributed by atoms with E-state index in [1.165, 1.54) is 0 Å². The minimum absolute atomic E-state index is 0.393. The number of nitrogens with one attached hydrogen (secondary N) is 1. The van der Waals surface area contributed by atoms with Crippen molar-refractivity contribution in [3.8, 4) is 0 Å². The molecule has 3 heteroatoms. The third-order valence-corrected chi connectivity index (χ3v) is 3.38. The van der Waals surface area contributed by atoms with Crippen molar-refractivity contribution in [1.82, 2.24) is 5.32 Å². The molecule has 0 spiro atoms. The molecule has 1 aliphatic carbocycles. The van der Waals surface area contributed by atoms with Crippen LogP contribution in [0.15, 0.2) is 0 Å². The zero-order valence-corrected chi connectivity index (χ0v) is 8.47. The van der Waals surface area contributed by atoms with Crippen molar-refractivity contribution in [3.05, 3.63) is 0 Å². The summed E-state index contributed by atoms with van der Waals surface area (Å²) in [4.78, 5) is 11.1. The SMILES string of the molecule is CC[C@]1(C(=O)O)CCC[C@@H](NC)C1. The molecule has 1 rings (SSSR count). The van der Waals surface area contributed by atoms with Gasteiger partial charge in [-0.15, -0.1) is 0 Å². The van der Waals surface area contributed by atoms with Crippen molar-refractivity contribution in [1.29, 1.82) is 0 Å². The van der Waals surface area contributed by atoms with Gasteiger partial charge in [-0.3, -0.25) is 4.79 Å². The molecule has 2 N–H and O–H groups in total. The molecule has 0 saturated heterocycles. The number of hydrogen-bond acceptors (Lipinski definition) is 2. The first-order valence-corrected chi connectivity index (χ1v) is 5.05. The van der Waals surface area contributed by atoms with Gasteiger partial charge in [0.25, 0.3) is 0 Å². The van der Waals surface area contributed by atoms with E-state index in [0.717, 1.165) is 32.1 Å². The van der Waals surface area contributed by atoms with Gasteiger partial charge in [-0.2, -0.15) is 0 Å². The van der Waals surface area contributed by atoms with Gasteiger partial charge < -0.3 is 10.4 Å². The lowest BCUT2D eigenvalue weighted by Crippen LogP contribution is -2.42. The minimum Gasteiger partial charge on any atom is -0.481 e. The highest BCUT2D eigenvalue weighted by atomic mass is 16.4. The molecule has 13 heavy (non-hydrogen) atoms. The molecule has 0 radical (unpaired) electrons. The average Bonchev–Trinajstić information content (AvgIpc) is 2.17. The number of hydrogen-bond donors (Lipinski definition) is 2. The lowest BCUT2D eigenvalue weighted by molar-refractivity contribution is -0.151. The summed E-state index contributed by atoms with van der Waals surface area (Å²) < 4.78 is 0. The summed E-state index contributed by atoms with van der Waals surface area (Å²) in [6.45, 7) is 1.98. The van der Waals surface area contributed by atoms with E-state index in [1.54, 1.807) is 0 Å². The van der Waals surface area contributed by atoms with E-state index in [4.69, 9.17) is 0 Å². The molecule has 76 valence electrons. The number of carboxylic acids is 1. The van der Waals surface area contributed by atoms with Crippen LogP contribution in [0.4, 0.5) is 0 Å². The van der Waals surface area contributed by atoms with E-state index in [1.807, 2.05) is 14.0 Å². The Labute approximate surface area is 79.5 Å². The van der Waals surface area contributed by atoms with E-state index in [-0.39, 0.29) is 0 Å². The summed E-state index contributed by atoms with van der Waals surface area (Å²) in [6.07, 6.45) is 4.53. The largest absolute Gasteiger partial charge is 0.481 e. The Balaban J connectivity index is 2.69. The van der Waals surface area contributed by atoms with Crippen LogP contribution in [0.5, 0.6) is 0 Å². The van der Waals surface area contributed by atoms with Gasteiger partial charge in [-0.25, -0.2) is 0 Å². The van der Waals surface area contributed by atoms with Crippen LogP contribution < -0.4 is 5.32 Å². The molecule has 0 aliphatic heterocycles. The maximum atomic E-state index is 11.1. The zero-order valence-electron chi connectivity index (χ0n) is 8.47. The molecule has 1 saturated carbocycles. The van der Waals surface area contributed by atoms with Gasteiger partial charge in [-0.05, 0) is 32.7 Å². The Morgan fingerprint density at radius 3 is 2.85 bits per heavy atom. The predicted octanol–water partition coefficient (Wildman–Crippen LogP) is 1.63. The fourth-order valence-corrected chi connectivity index (χ4v) is 2.28. The molecule has 0 heterocycles. The van der Waals surface area contributed by atoms with Gasteiger partial charge in [0.1, 0.15) is 0 Å². The van der Waals surface area contributed by atoms with Gasteiger partial charge in [0.15, 0.2) is 0 Å². The number of carboxylic acid groups (broad SMARTS) is 1. The van der Waals surface area contributed by atoms with Crippen molar-refractivity contribution in [2.24, 2.45) is 5.41 Å². The minimum atomic E-state index is -0.616. The van der Waals surface area contributed by atoms with Gasteiger partial charge >= 0.3 is 5.97 Å². The van der Waals surface area contributed by atoms with E-state index in [0.29, 0.717) is 6.04 Å². The predicted molar refractivity (Wildman–Crippen MR) is 51.7 cm³/mol. The molecule has 0 unspecified atom stereocenters. The maximum Gasteiger partial charge on any atom is 0.309 e. The van der Waals surface area contributed by atoms with Gasteiger partial charge in [-0.1, -0.05) is 13.3 Å². The summed E-state index contributed by atoms with van der Waals surface area (Å²) in [5.74, 6) is -0.616. The molecule has 2 atom stereocenters. The highest BCUT2D eigenvalue weighted by Crippen LogP contribution is 2.39. The van der Waals surface area contributed by atoms with Crippen molar-refractivity contribution in [3.63, 3.8) is 0 Å². The summed E-state index contributed by atoms with van der Waals surface area (Å²) in [5.41, 5.74) is -0.452. The fraction of sp³-hybridized carbons (Fsp3) is 0.900. The van der Waals surface area contributed by atoms with Gasteiger partial charge in [0, 0.05) is 6.04 Å². The molecule has 0 aromatic carbocycles. The summed E-state index contributed by atoms with van der Waals surface area (Å²) in [6, 6.07) is 0.393. The van der Waals surface area contributed by atoms with Crippen molar-refractivity contribution >= 4 is 5.97 Å². The quantitative estimate of drug-likeness (QED) is 0.702. The van der Waals surface area contributed by atoms with E-state index >= 15 is 0 Å². The maximum absolute atomic E-state index is 11.1. The van der Waals surface area contributed by atoms with Crippen LogP contribution in [-0.4, -0.2) is 24.2 Å². The van der Waals surface area contributed by atoms with Crippen LogP contribution in [0.1, 0.15) is 39.0 Å². The summed E-state index contributed by atoms with van der Waals surface area (Å²) in [5, 5.41) is 12.4. The van der Waals surface area contributed by atoms with Crippen molar-refractivity contribution in [2.45, 2.75) is 45.1 Å². The molecule has 0 aromatic rings. The van der Waals surface area contributed by atoms with E-state index in [9.17, 15) is 9.90 Å². The summed E-state index contributed by atoms with van der Waals surface area (Å²) in [7, 11) is 1.91. The summed E-state index contributed by atoms with van der Waals surface area (Å²) >= 11 is 0. The first kappa shape index (κ1) is 10.5. The Kier molecular flexibility index (Phi) is 3.31. The molecule has 1 aliphatic rings. The standard InChI is InChI=1S/C10H19NO2/c1-3-10(9(12)13)6-4-5-8(7-10)11-2/h8,11H,3-7H2,1-2H3,(H,12,13)/t8-,10+/m1/s1. The monoisotopic (exact) mass is 185 g/mol. The normalized spacial score (nSPS) is 34.5. The lowest BCUT2D eigenvalue weighted by Gasteiger charge is -2.36. The Bertz CT molecular complexity index is 193. The highest BCUT2D eigenvalue weighted by molar-refractivity contribution is 5.74. The topological polar surface area (TPSA) is 49.3 Å². The van der Waals surface area contributed by atoms with Crippen LogP contribution in [0.3, 0.4) is 0 Å². The molecular formula is C10H19NO2. The highest BCUT2D eigenvalue weighted by Gasteiger charge is 2.40. The second-order valence-electron chi connectivity index (χ2n) is 4.02. The zero-order chi connectivity index (χ0) is 9.90. The van der Waals surface area contributed by atoms with E-state index < -0.39 is 11.4 Å². The molecule has 0 aromatic heterocycles. The molecule has 0 bridgehead atoms. The Morgan fingerprint density at radius 2 is 2.38 bits per heavy atom.